The number of carbonyl (C=O) groups excluding carboxylic acids is 1. The predicted octanol–water partition coefficient (Wildman–Crippen LogP) is 1.90. The van der Waals surface area contributed by atoms with E-state index in [0.29, 0.717) is 6.42 Å². The van der Waals surface area contributed by atoms with Crippen LogP contribution < -0.4 is 4.74 Å². The predicted molar refractivity (Wildman–Crippen MR) is 98.2 cm³/mol. The zero-order valence-electron chi connectivity index (χ0n) is 15.1. The molecular formula is C18H28N2O4S. The van der Waals surface area contributed by atoms with Crippen molar-refractivity contribution in [1.82, 2.24) is 9.21 Å². The highest BCUT2D eigenvalue weighted by Crippen LogP contribution is 2.18. The van der Waals surface area contributed by atoms with Gasteiger partial charge in [-0.1, -0.05) is 31.0 Å². The lowest BCUT2D eigenvalue weighted by Crippen LogP contribution is -2.43. The van der Waals surface area contributed by atoms with Gasteiger partial charge in [-0.05, 0) is 30.9 Å². The van der Waals surface area contributed by atoms with Gasteiger partial charge in [-0.25, -0.2) is 8.42 Å². The molecule has 1 aliphatic rings. The SMILES string of the molecule is COc1ccccc1CCN(CC(=O)N1CCCCCC1)S(C)(=O)=O. The molecule has 0 spiro atoms. The van der Waals surface area contributed by atoms with E-state index in [2.05, 4.69) is 0 Å². The van der Waals surface area contributed by atoms with Crippen molar-refractivity contribution in [2.45, 2.75) is 32.1 Å². The van der Waals surface area contributed by atoms with E-state index in [9.17, 15) is 13.2 Å². The molecule has 1 saturated heterocycles. The van der Waals surface area contributed by atoms with Crippen LogP contribution in [0.5, 0.6) is 5.75 Å². The van der Waals surface area contributed by atoms with Gasteiger partial charge >= 0.3 is 0 Å². The molecule has 1 aromatic rings. The van der Waals surface area contributed by atoms with Gasteiger partial charge in [-0.3, -0.25) is 4.79 Å². The first kappa shape index (κ1) is 19.7. The standard InChI is InChI=1S/C18H28N2O4S/c1-24-17-10-6-5-9-16(17)11-14-20(25(2,22)23)15-18(21)19-12-7-3-4-8-13-19/h5-6,9-10H,3-4,7-8,11-15H2,1-2H3. The Morgan fingerprint density at radius 2 is 1.80 bits per heavy atom. The molecule has 0 aliphatic carbocycles. The summed E-state index contributed by atoms with van der Waals surface area (Å²) in [7, 11) is -1.86. The molecule has 0 atom stereocenters. The highest BCUT2D eigenvalue weighted by Gasteiger charge is 2.24. The van der Waals surface area contributed by atoms with E-state index in [1.54, 1.807) is 12.0 Å². The monoisotopic (exact) mass is 368 g/mol. The smallest absolute Gasteiger partial charge is 0.237 e. The topological polar surface area (TPSA) is 66.9 Å². The summed E-state index contributed by atoms with van der Waals surface area (Å²) >= 11 is 0. The minimum absolute atomic E-state index is 0.0893. The van der Waals surface area contributed by atoms with E-state index in [1.165, 1.54) is 4.31 Å². The van der Waals surface area contributed by atoms with Gasteiger partial charge in [0.2, 0.25) is 15.9 Å². The molecule has 2 rings (SSSR count). The first-order valence-corrected chi connectivity index (χ1v) is 10.6. The van der Waals surface area contributed by atoms with Crippen molar-refractivity contribution in [3.63, 3.8) is 0 Å². The van der Waals surface area contributed by atoms with Crippen LogP contribution in [0.15, 0.2) is 24.3 Å². The van der Waals surface area contributed by atoms with E-state index < -0.39 is 10.0 Å². The van der Waals surface area contributed by atoms with Crippen molar-refractivity contribution in [3.8, 4) is 5.75 Å². The van der Waals surface area contributed by atoms with Crippen molar-refractivity contribution < 1.29 is 17.9 Å². The quantitative estimate of drug-likeness (QED) is 0.737. The molecule has 1 heterocycles. The highest BCUT2D eigenvalue weighted by atomic mass is 32.2. The maximum atomic E-state index is 12.5. The molecule has 1 aromatic carbocycles. The van der Waals surface area contributed by atoms with Gasteiger partial charge in [0.05, 0.1) is 19.9 Å². The second-order valence-electron chi connectivity index (χ2n) is 6.45. The summed E-state index contributed by atoms with van der Waals surface area (Å²) in [5.74, 6) is 0.627. The number of likely N-dealkylation sites (tertiary alicyclic amines) is 1. The summed E-state index contributed by atoms with van der Waals surface area (Å²) < 4.78 is 30.8. The van der Waals surface area contributed by atoms with Crippen LogP contribution in [0.4, 0.5) is 0 Å². The first-order valence-electron chi connectivity index (χ1n) is 8.76. The summed E-state index contributed by atoms with van der Waals surface area (Å²) in [6, 6.07) is 7.53. The van der Waals surface area contributed by atoms with Crippen molar-refractivity contribution in [2.75, 3.05) is 39.5 Å². The van der Waals surface area contributed by atoms with E-state index in [1.807, 2.05) is 24.3 Å². The van der Waals surface area contributed by atoms with Gasteiger partial charge in [0, 0.05) is 19.6 Å². The Bertz CT molecular complexity index is 667. The van der Waals surface area contributed by atoms with E-state index in [-0.39, 0.29) is 19.0 Å². The number of sulfonamides is 1. The molecule has 1 amide bonds. The number of carbonyl (C=O) groups is 1. The Morgan fingerprint density at radius 3 is 2.40 bits per heavy atom. The second kappa shape index (κ2) is 9.20. The molecule has 0 N–H and O–H groups in total. The molecule has 6 nitrogen and oxygen atoms in total. The number of para-hydroxylation sites is 1. The summed E-state index contributed by atoms with van der Waals surface area (Å²) in [6.45, 7) is 1.62. The Balaban J connectivity index is 2.02. The first-order chi connectivity index (χ1) is 11.9. The molecule has 140 valence electrons. The summed E-state index contributed by atoms with van der Waals surface area (Å²) in [4.78, 5) is 14.3. The number of benzene rings is 1. The molecule has 0 unspecified atom stereocenters. The van der Waals surface area contributed by atoms with E-state index in [4.69, 9.17) is 4.74 Å². The van der Waals surface area contributed by atoms with Crippen LogP contribution in [0.1, 0.15) is 31.2 Å². The zero-order chi connectivity index (χ0) is 18.3. The third-order valence-electron chi connectivity index (χ3n) is 4.56. The van der Waals surface area contributed by atoms with Gasteiger partial charge in [0.1, 0.15) is 5.75 Å². The number of rotatable bonds is 7. The lowest BCUT2D eigenvalue weighted by Gasteiger charge is -2.25. The van der Waals surface area contributed by atoms with E-state index >= 15 is 0 Å². The van der Waals surface area contributed by atoms with Crippen molar-refractivity contribution >= 4 is 15.9 Å². The van der Waals surface area contributed by atoms with Crippen LogP contribution in [-0.4, -0.2) is 63.1 Å². The van der Waals surface area contributed by atoms with Gasteiger partial charge in [-0.2, -0.15) is 4.31 Å². The van der Waals surface area contributed by atoms with Crippen LogP contribution in [-0.2, 0) is 21.2 Å². The third-order valence-corrected chi connectivity index (χ3v) is 5.81. The van der Waals surface area contributed by atoms with Crippen molar-refractivity contribution in [2.24, 2.45) is 0 Å². The minimum atomic E-state index is -3.45. The van der Waals surface area contributed by atoms with Gasteiger partial charge in [0.25, 0.3) is 0 Å². The summed E-state index contributed by atoms with van der Waals surface area (Å²) in [5.41, 5.74) is 0.931. The molecule has 0 aromatic heterocycles. The zero-order valence-corrected chi connectivity index (χ0v) is 15.9. The number of hydrogen-bond donors (Lipinski definition) is 0. The van der Waals surface area contributed by atoms with Gasteiger partial charge in [0.15, 0.2) is 0 Å². The molecule has 0 radical (unpaired) electrons. The normalized spacial score (nSPS) is 15.9. The Morgan fingerprint density at radius 1 is 1.16 bits per heavy atom. The van der Waals surface area contributed by atoms with Gasteiger partial charge < -0.3 is 9.64 Å². The number of methoxy groups -OCH3 is 1. The fraction of sp³-hybridized carbons (Fsp3) is 0.611. The molecule has 7 heteroatoms. The lowest BCUT2D eigenvalue weighted by atomic mass is 10.1. The highest BCUT2D eigenvalue weighted by molar-refractivity contribution is 7.88. The number of hydrogen-bond acceptors (Lipinski definition) is 4. The summed E-state index contributed by atoms with van der Waals surface area (Å²) in [5, 5.41) is 0. The molecular weight excluding hydrogens is 340 g/mol. The molecule has 25 heavy (non-hydrogen) atoms. The maximum Gasteiger partial charge on any atom is 0.237 e. The fourth-order valence-corrected chi connectivity index (χ4v) is 3.86. The van der Waals surface area contributed by atoms with Gasteiger partial charge in [-0.15, -0.1) is 0 Å². The molecule has 1 fully saturated rings. The molecule has 0 bridgehead atoms. The molecule has 1 aliphatic heterocycles. The third kappa shape index (κ3) is 6.01. The number of nitrogens with zero attached hydrogens (tertiary/aromatic N) is 2. The Labute approximate surface area is 150 Å². The second-order valence-corrected chi connectivity index (χ2v) is 8.44. The van der Waals surface area contributed by atoms with Crippen molar-refractivity contribution in [3.05, 3.63) is 29.8 Å². The summed E-state index contributed by atoms with van der Waals surface area (Å²) in [6.07, 6.45) is 5.91. The van der Waals surface area contributed by atoms with Crippen LogP contribution >= 0.6 is 0 Å². The number of ether oxygens (including phenoxy) is 1. The van der Waals surface area contributed by atoms with E-state index in [0.717, 1.165) is 56.3 Å². The van der Waals surface area contributed by atoms with Crippen LogP contribution in [0.25, 0.3) is 0 Å². The Hall–Kier alpha value is -1.60. The maximum absolute atomic E-state index is 12.5. The van der Waals surface area contributed by atoms with Crippen LogP contribution in [0, 0.1) is 0 Å². The average Bonchev–Trinajstić information content (AvgIpc) is 2.87. The minimum Gasteiger partial charge on any atom is -0.496 e. The molecule has 0 saturated carbocycles. The van der Waals surface area contributed by atoms with Crippen LogP contribution in [0.2, 0.25) is 0 Å². The largest absolute Gasteiger partial charge is 0.496 e. The fourth-order valence-electron chi connectivity index (χ4n) is 3.09. The van der Waals surface area contributed by atoms with Crippen LogP contribution in [0.3, 0.4) is 0 Å². The lowest BCUT2D eigenvalue weighted by molar-refractivity contribution is -0.131. The van der Waals surface area contributed by atoms with Crippen molar-refractivity contribution in [1.29, 1.82) is 0 Å². The number of amides is 1. The average molecular weight is 368 g/mol. The Kier molecular flexibility index (Phi) is 7.25.